The SMILES string of the molecule is CSCCC(N)C(=O)NC(CCC(=O)O)C(=O)NC(CCCCN)C(=O)O. The zero-order valence-corrected chi connectivity index (χ0v) is 16.3. The summed E-state index contributed by atoms with van der Waals surface area (Å²) in [4.78, 5) is 46.7. The highest BCUT2D eigenvalue weighted by Gasteiger charge is 2.28. The van der Waals surface area contributed by atoms with Crippen LogP contribution in [0, 0.1) is 0 Å². The molecule has 0 saturated heterocycles. The molecule has 0 fully saturated rings. The quantitative estimate of drug-likeness (QED) is 0.188. The molecular weight excluding hydrogens is 376 g/mol. The lowest BCUT2D eigenvalue weighted by Gasteiger charge is -2.22. The number of rotatable bonds is 15. The normalized spacial score (nSPS) is 14.0. The third-order valence-corrected chi connectivity index (χ3v) is 4.46. The number of carbonyl (C=O) groups is 4. The van der Waals surface area contributed by atoms with Crippen molar-refractivity contribution in [3.8, 4) is 0 Å². The van der Waals surface area contributed by atoms with Crippen molar-refractivity contribution < 1.29 is 29.4 Å². The van der Waals surface area contributed by atoms with Crippen LogP contribution in [0.15, 0.2) is 0 Å². The first-order valence-corrected chi connectivity index (χ1v) is 10.1. The molecule has 8 N–H and O–H groups in total. The van der Waals surface area contributed by atoms with Gasteiger partial charge >= 0.3 is 11.9 Å². The van der Waals surface area contributed by atoms with E-state index in [4.69, 9.17) is 16.6 Å². The van der Waals surface area contributed by atoms with Crippen LogP contribution < -0.4 is 22.1 Å². The molecule has 10 nitrogen and oxygen atoms in total. The summed E-state index contributed by atoms with van der Waals surface area (Å²) < 4.78 is 0. The van der Waals surface area contributed by atoms with Gasteiger partial charge in [0.15, 0.2) is 0 Å². The molecule has 11 heteroatoms. The number of hydrogen-bond donors (Lipinski definition) is 6. The molecule has 0 aromatic heterocycles. The largest absolute Gasteiger partial charge is 0.481 e. The van der Waals surface area contributed by atoms with Crippen LogP contribution >= 0.6 is 11.8 Å². The molecule has 0 spiro atoms. The standard InChI is InChI=1S/C16H30N4O6S/c1-27-9-7-10(18)14(23)19-11(5-6-13(21)22)15(24)20-12(16(25)26)4-2-3-8-17/h10-12H,2-9,17-18H2,1H3,(H,19,23)(H,20,24)(H,21,22)(H,25,26). The van der Waals surface area contributed by atoms with Crippen molar-refractivity contribution in [2.75, 3.05) is 18.6 Å². The van der Waals surface area contributed by atoms with Gasteiger partial charge in [0.25, 0.3) is 0 Å². The minimum Gasteiger partial charge on any atom is -0.481 e. The molecule has 0 aliphatic heterocycles. The van der Waals surface area contributed by atoms with Crippen molar-refractivity contribution in [3.05, 3.63) is 0 Å². The van der Waals surface area contributed by atoms with Crippen molar-refractivity contribution >= 4 is 35.5 Å². The van der Waals surface area contributed by atoms with Crippen molar-refractivity contribution in [2.24, 2.45) is 11.5 Å². The van der Waals surface area contributed by atoms with Gasteiger partial charge in [0.2, 0.25) is 11.8 Å². The Labute approximate surface area is 162 Å². The van der Waals surface area contributed by atoms with Crippen LogP contribution in [0.5, 0.6) is 0 Å². The van der Waals surface area contributed by atoms with Crippen LogP contribution in [0.3, 0.4) is 0 Å². The number of nitrogens with two attached hydrogens (primary N) is 2. The lowest BCUT2D eigenvalue weighted by molar-refractivity contribution is -0.143. The zero-order valence-electron chi connectivity index (χ0n) is 15.5. The monoisotopic (exact) mass is 406 g/mol. The summed E-state index contributed by atoms with van der Waals surface area (Å²) in [6, 6.07) is -3.15. The number of unbranched alkanes of at least 4 members (excludes halogenated alkanes) is 1. The maximum Gasteiger partial charge on any atom is 0.326 e. The third-order valence-electron chi connectivity index (χ3n) is 3.81. The Morgan fingerprint density at radius 2 is 1.59 bits per heavy atom. The fraction of sp³-hybridized carbons (Fsp3) is 0.750. The first-order valence-electron chi connectivity index (χ1n) is 8.72. The molecule has 0 aliphatic rings. The van der Waals surface area contributed by atoms with Gasteiger partial charge in [0.05, 0.1) is 6.04 Å². The maximum absolute atomic E-state index is 12.4. The molecule has 0 radical (unpaired) electrons. The first kappa shape index (κ1) is 25.1. The highest BCUT2D eigenvalue weighted by Crippen LogP contribution is 2.05. The molecule has 0 aromatic carbocycles. The fourth-order valence-electron chi connectivity index (χ4n) is 2.21. The van der Waals surface area contributed by atoms with Crippen LogP contribution in [-0.4, -0.2) is 70.6 Å². The van der Waals surface area contributed by atoms with Gasteiger partial charge in [-0.15, -0.1) is 0 Å². The summed E-state index contributed by atoms with van der Waals surface area (Å²) in [7, 11) is 0. The smallest absolute Gasteiger partial charge is 0.326 e. The second kappa shape index (κ2) is 14.2. The Balaban J connectivity index is 4.96. The van der Waals surface area contributed by atoms with E-state index in [0.717, 1.165) is 0 Å². The van der Waals surface area contributed by atoms with Crippen molar-refractivity contribution in [2.45, 2.75) is 56.7 Å². The minimum absolute atomic E-state index is 0.169. The molecule has 27 heavy (non-hydrogen) atoms. The van der Waals surface area contributed by atoms with E-state index in [1.54, 1.807) is 0 Å². The van der Waals surface area contributed by atoms with Gasteiger partial charge in [-0.1, -0.05) is 0 Å². The molecule has 3 atom stereocenters. The van der Waals surface area contributed by atoms with E-state index in [9.17, 15) is 24.3 Å². The van der Waals surface area contributed by atoms with Crippen LogP contribution in [-0.2, 0) is 19.2 Å². The first-order chi connectivity index (χ1) is 12.7. The van der Waals surface area contributed by atoms with Gasteiger partial charge in [-0.2, -0.15) is 11.8 Å². The van der Waals surface area contributed by atoms with E-state index in [-0.39, 0.29) is 19.3 Å². The fourth-order valence-corrected chi connectivity index (χ4v) is 2.70. The number of aliphatic carboxylic acids is 2. The average molecular weight is 407 g/mol. The second-order valence-corrected chi connectivity index (χ2v) is 7.05. The number of nitrogens with one attached hydrogen (secondary N) is 2. The molecule has 3 unspecified atom stereocenters. The maximum atomic E-state index is 12.4. The lowest BCUT2D eigenvalue weighted by Crippen LogP contribution is -2.54. The van der Waals surface area contributed by atoms with Gasteiger partial charge < -0.3 is 32.3 Å². The molecule has 0 rings (SSSR count). The van der Waals surface area contributed by atoms with Crippen molar-refractivity contribution in [3.63, 3.8) is 0 Å². The number of carboxylic acid groups (broad SMARTS) is 2. The number of amides is 2. The molecule has 0 aromatic rings. The molecule has 0 bridgehead atoms. The average Bonchev–Trinajstić information content (AvgIpc) is 2.61. The molecule has 156 valence electrons. The van der Waals surface area contributed by atoms with E-state index in [2.05, 4.69) is 10.6 Å². The molecule has 0 heterocycles. The Morgan fingerprint density at radius 3 is 2.11 bits per heavy atom. The Morgan fingerprint density at radius 1 is 0.963 bits per heavy atom. The summed E-state index contributed by atoms with van der Waals surface area (Å²) in [6.45, 7) is 0.408. The number of carboxylic acids is 2. The van der Waals surface area contributed by atoms with E-state index in [0.29, 0.717) is 31.6 Å². The molecule has 2 amide bonds. The summed E-state index contributed by atoms with van der Waals surface area (Å²) in [5, 5.41) is 22.9. The Kier molecular flexibility index (Phi) is 13.3. The van der Waals surface area contributed by atoms with Gasteiger partial charge in [0, 0.05) is 6.42 Å². The highest BCUT2D eigenvalue weighted by molar-refractivity contribution is 7.98. The topological polar surface area (TPSA) is 185 Å². The summed E-state index contributed by atoms with van der Waals surface area (Å²) in [5.74, 6) is -3.01. The zero-order chi connectivity index (χ0) is 20.8. The molecule has 0 saturated carbocycles. The van der Waals surface area contributed by atoms with Crippen LogP contribution in [0.4, 0.5) is 0 Å². The summed E-state index contributed by atoms with van der Waals surface area (Å²) >= 11 is 1.52. The van der Waals surface area contributed by atoms with E-state index >= 15 is 0 Å². The summed E-state index contributed by atoms with van der Waals surface area (Å²) in [6.07, 6.45) is 3.05. The lowest BCUT2D eigenvalue weighted by atomic mass is 10.1. The number of thioether (sulfide) groups is 1. The predicted molar refractivity (Wildman–Crippen MR) is 102 cm³/mol. The van der Waals surface area contributed by atoms with E-state index in [1.165, 1.54) is 11.8 Å². The van der Waals surface area contributed by atoms with Gasteiger partial charge in [-0.05, 0) is 50.7 Å². The summed E-state index contributed by atoms with van der Waals surface area (Å²) in [5.41, 5.74) is 11.1. The molecule has 0 aliphatic carbocycles. The van der Waals surface area contributed by atoms with Gasteiger partial charge in [-0.25, -0.2) is 4.79 Å². The predicted octanol–water partition coefficient (Wildman–Crippen LogP) is -0.885. The van der Waals surface area contributed by atoms with E-state index < -0.39 is 41.9 Å². The highest BCUT2D eigenvalue weighted by atomic mass is 32.2. The molecular formula is C16H30N4O6S. The van der Waals surface area contributed by atoms with Gasteiger partial charge in [0.1, 0.15) is 12.1 Å². The van der Waals surface area contributed by atoms with Crippen molar-refractivity contribution in [1.29, 1.82) is 0 Å². The van der Waals surface area contributed by atoms with Crippen LogP contribution in [0.25, 0.3) is 0 Å². The van der Waals surface area contributed by atoms with Crippen LogP contribution in [0.2, 0.25) is 0 Å². The van der Waals surface area contributed by atoms with Crippen LogP contribution in [0.1, 0.15) is 38.5 Å². The minimum atomic E-state index is -1.21. The van der Waals surface area contributed by atoms with Gasteiger partial charge in [-0.3, -0.25) is 14.4 Å². The Hall–Kier alpha value is -1.85. The second-order valence-electron chi connectivity index (χ2n) is 6.07. The van der Waals surface area contributed by atoms with E-state index in [1.807, 2.05) is 6.26 Å². The van der Waals surface area contributed by atoms with Crippen molar-refractivity contribution in [1.82, 2.24) is 10.6 Å². The Bertz CT molecular complexity index is 505. The third kappa shape index (κ3) is 11.5. The number of carbonyl (C=O) groups excluding carboxylic acids is 2. The number of hydrogen-bond acceptors (Lipinski definition) is 7.